The number of Topliss-reactive ketones (excluding diaryl/α,β-unsaturated/α-hetero) is 1. The standard InChI is InChI=1S/C10H11O/c1-3-9-4-6-10(7-5-9)8(2)11/h4-7H,2-3H2,1H3. The molecule has 0 aliphatic heterocycles. The summed E-state index contributed by atoms with van der Waals surface area (Å²) in [5.41, 5.74) is 1.93. The van der Waals surface area contributed by atoms with Gasteiger partial charge >= 0.3 is 0 Å². The Morgan fingerprint density at radius 2 is 1.91 bits per heavy atom. The Morgan fingerprint density at radius 3 is 2.27 bits per heavy atom. The van der Waals surface area contributed by atoms with E-state index in [2.05, 4.69) is 13.8 Å². The van der Waals surface area contributed by atoms with Crippen LogP contribution in [0.25, 0.3) is 0 Å². The van der Waals surface area contributed by atoms with E-state index in [4.69, 9.17) is 0 Å². The molecule has 1 heteroatoms. The van der Waals surface area contributed by atoms with Crippen molar-refractivity contribution in [3.05, 3.63) is 42.3 Å². The van der Waals surface area contributed by atoms with Crippen molar-refractivity contribution in [3.63, 3.8) is 0 Å². The minimum absolute atomic E-state index is 0.118. The van der Waals surface area contributed by atoms with Crippen LogP contribution in [-0.2, 0) is 6.42 Å². The van der Waals surface area contributed by atoms with Crippen LogP contribution in [0.3, 0.4) is 0 Å². The van der Waals surface area contributed by atoms with E-state index in [9.17, 15) is 4.79 Å². The lowest BCUT2D eigenvalue weighted by Crippen LogP contribution is -1.91. The van der Waals surface area contributed by atoms with Gasteiger partial charge in [0.25, 0.3) is 0 Å². The number of rotatable bonds is 2. The first-order valence-electron chi connectivity index (χ1n) is 3.69. The number of carbonyl (C=O) groups excluding carboxylic acids is 1. The van der Waals surface area contributed by atoms with Crippen LogP contribution in [0.1, 0.15) is 22.8 Å². The van der Waals surface area contributed by atoms with Gasteiger partial charge in [-0.15, -0.1) is 0 Å². The Labute approximate surface area is 67.1 Å². The number of benzene rings is 1. The molecule has 1 nitrogen and oxygen atoms in total. The minimum atomic E-state index is -0.118. The third-order valence-corrected chi connectivity index (χ3v) is 1.68. The molecule has 0 N–H and O–H groups in total. The molecule has 0 saturated heterocycles. The summed E-state index contributed by atoms with van der Waals surface area (Å²) in [6.45, 7) is 5.41. The van der Waals surface area contributed by atoms with E-state index in [-0.39, 0.29) is 5.78 Å². The summed E-state index contributed by atoms with van der Waals surface area (Å²) in [5, 5.41) is 0. The van der Waals surface area contributed by atoms with Crippen molar-refractivity contribution in [1.29, 1.82) is 0 Å². The largest absolute Gasteiger partial charge is 0.294 e. The first-order chi connectivity index (χ1) is 5.24. The van der Waals surface area contributed by atoms with Gasteiger partial charge in [-0.3, -0.25) is 4.79 Å². The van der Waals surface area contributed by atoms with Crippen LogP contribution < -0.4 is 0 Å². The Bertz CT molecular complexity index is 246. The summed E-state index contributed by atoms with van der Waals surface area (Å²) in [4.78, 5) is 10.7. The average molecular weight is 147 g/mol. The van der Waals surface area contributed by atoms with Crippen LogP contribution in [0, 0.1) is 6.92 Å². The van der Waals surface area contributed by atoms with Crippen LogP contribution in [0.5, 0.6) is 0 Å². The highest BCUT2D eigenvalue weighted by atomic mass is 16.1. The average Bonchev–Trinajstić information content (AvgIpc) is 2.05. The molecule has 1 aromatic carbocycles. The minimum Gasteiger partial charge on any atom is -0.294 e. The van der Waals surface area contributed by atoms with Gasteiger partial charge in [-0.2, -0.15) is 0 Å². The molecule has 1 rings (SSSR count). The molecule has 0 heterocycles. The highest BCUT2D eigenvalue weighted by Gasteiger charge is 1.96. The number of aryl methyl sites for hydroxylation is 1. The molecule has 0 fully saturated rings. The summed E-state index contributed by atoms with van der Waals surface area (Å²) in [6, 6.07) is 7.54. The van der Waals surface area contributed by atoms with Crippen LogP contribution >= 0.6 is 0 Å². The molecule has 0 bridgehead atoms. The fourth-order valence-corrected chi connectivity index (χ4v) is 0.926. The van der Waals surface area contributed by atoms with Crippen LogP contribution in [0.4, 0.5) is 0 Å². The van der Waals surface area contributed by atoms with Gasteiger partial charge in [0.05, 0.1) is 0 Å². The predicted octanol–water partition coefficient (Wildman–Crippen LogP) is 2.27. The van der Waals surface area contributed by atoms with Gasteiger partial charge in [0.1, 0.15) is 0 Å². The molecule has 0 amide bonds. The van der Waals surface area contributed by atoms with Crippen molar-refractivity contribution in [3.8, 4) is 0 Å². The second-order valence-corrected chi connectivity index (χ2v) is 2.47. The molecule has 1 aromatic rings. The normalized spacial score (nSPS) is 9.64. The maximum atomic E-state index is 10.7. The Balaban J connectivity index is 2.91. The van der Waals surface area contributed by atoms with Gasteiger partial charge in [0.15, 0.2) is 5.78 Å². The summed E-state index contributed by atoms with van der Waals surface area (Å²) in [6.07, 6.45) is 1.01. The van der Waals surface area contributed by atoms with Gasteiger partial charge in [-0.25, -0.2) is 0 Å². The van der Waals surface area contributed by atoms with Gasteiger partial charge in [0, 0.05) is 12.5 Å². The zero-order chi connectivity index (χ0) is 8.27. The van der Waals surface area contributed by atoms with Crippen molar-refractivity contribution in [2.75, 3.05) is 0 Å². The molecule has 0 aliphatic rings. The number of carbonyl (C=O) groups is 1. The van der Waals surface area contributed by atoms with E-state index >= 15 is 0 Å². The number of hydrogen-bond donors (Lipinski definition) is 0. The predicted molar refractivity (Wildman–Crippen MR) is 45.5 cm³/mol. The Hall–Kier alpha value is -1.11. The Kier molecular flexibility index (Phi) is 2.42. The van der Waals surface area contributed by atoms with E-state index in [1.165, 1.54) is 5.56 Å². The smallest absolute Gasteiger partial charge is 0.163 e. The first kappa shape index (κ1) is 7.99. The molecule has 0 aliphatic carbocycles. The lowest BCUT2D eigenvalue weighted by Gasteiger charge is -1.96. The molecule has 11 heavy (non-hydrogen) atoms. The first-order valence-corrected chi connectivity index (χ1v) is 3.69. The lowest BCUT2D eigenvalue weighted by atomic mass is 10.1. The fourth-order valence-electron chi connectivity index (χ4n) is 0.926. The molecule has 0 unspecified atom stereocenters. The molecule has 0 aromatic heterocycles. The van der Waals surface area contributed by atoms with Gasteiger partial charge in [-0.05, 0) is 12.0 Å². The Morgan fingerprint density at radius 1 is 1.36 bits per heavy atom. The maximum absolute atomic E-state index is 10.7. The van der Waals surface area contributed by atoms with E-state index in [0.29, 0.717) is 5.56 Å². The molecule has 1 radical (unpaired) electrons. The molecule has 0 spiro atoms. The SMILES string of the molecule is [CH2]C(=O)c1ccc(CC)cc1. The summed E-state index contributed by atoms with van der Waals surface area (Å²) >= 11 is 0. The second-order valence-electron chi connectivity index (χ2n) is 2.47. The summed E-state index contributed by atoms with van der Waals surface area (Å²) < 4.78 is 0. The third kappa shape index (κ3) is 1.90. The van der Waals surface area contributed by atoms with E-state index < -0.39 is 0 Å². The molecule has 57 valence electrons. The zero-order valence-electron chi connectivity index (χ0n) is 6.63. The summed E-state index contributed by atoms with van der Waals surface area (Å²) in [5.74, 6) is -0.118. The van der Waals surface area contributed by atoms with E-state index in [0.717, 1.165) is 6.42 Å². The van der Waals surface area contributed by atoms with E-state index in [1.807, 2.05) is 24.3 Å². The maximum Gasteiger partial charge on any atom is 0.163 e. The topological polar surface area (TPSA) is 17.1 Å². The highest BCUT2D eigenvalue weighted by Crippen LogP contribution is 2.04. The molecular formula is C10H11O. The number of hydrogen-bond acceptors (Lipinski definition) is 1. The van der Waals surface area contributed by atoms with Crippen molar-refractivity contribution in [2.24, 2.45) is 0 Å². The quantitative estimate of drug-likeness (QED) is 0.586. The third-order valence-electron chi connectivity index (χ3n) is 1.68. The van der Waals surface area contributed by atoms with Gasteiger partial charge in [-0.1, -0.05) is 31.2 Å². The summed E-state index contributed by atoms with van der Waals surface area (Å²) in [7, 11) is 0. The zero-order valence-corrected chi connectivity index (χ0v) is 6.63. The highest BCUT2D eigenvalue weighted by molar-refractivity contribution is 5.99. The monoisotopic (exact) mass is 147 g/mol. The fraction of sp³-hybridized carbons (Fsp3) is 0.200. The van der Waals surface area contributed by atoms with Crippen molar-refractivity contribution < 1.29 is 4.79 Å². The molecule has 0 saturated carbocycles. The second kappa shape index (κ2) is 3.33. The van der Waals surface area contributed by atoms with Gasteiger partial charge in [0.2, 0.25) is 0 Å². The van der Waals surface area contributed by atoms with Crippen LogP contribution in [0.2, 0.25) is 0 Å². The molecular weight excluding hydrogens is 136 g/mol. The van der Waals surface area contributed by atoms with Crippen LogP contribution in [0.15, 0.2) is 24.3 Å². The number of ketones is 1. The van der Waals surface area contributed by atoms with Crippen molar-refractivity contribution in [1.82, 2.24) is 0 Å². The molecule has 0 atom stereocenters. The van der Waals surface area contributed by atoms with Crippen molar-refractivity contribution >= 4 is 5.78 Å². The van der Waals surface area contributed by atoms with Gasteiger partial charge < -0.3 is 0 Å². The lowest BCUT2D eigenvalue weighted by molar-refractivity contribution is 0.104. The van der Waals surface area contributed by atoms with Crippen molar-refractivity contribution in [2.45, 2.75) is 13.3 Å². The van der Waals surface area contributed by atoms with Crippen LogP contribution in [-0.4, -0.2) is 5.78 Å². The van der Waals surface area contributed by atoms with E-state index in [1.54, 1.807) is 0 Å².